The smallest absolute Gasteiger partial charge is 0.270 e. The van der Waals surface area contributed by atoms with Gasteiger partial charge in [-0.3, -0.25) is 4.79 Å². The highest BCUT2D eigenvalue weighted by molar-refractivity contribution is 7.05. The minimum atomic E-state index is 0.0286. The summed E-state index contributed by atoms with van der Waals surface area (Å²) in [5, 5.41) is 0. The van der Waals surface area contributed by atoms with Crippen molar-refractivity contribution in [3.8, 4) is 0 Å². The molecule has 0 unspecified atom stereocenters. The Bertz CT molecular complexity index is 475. The van der Waals surface area contributed by atoms with Crippen LogP contribution in [0.1, 0.15) is 15.4 Å². The minimum absolute atomic E-state index is 0.0286. The Kier molecular flexibility index (Phi) is 3.05. The molecular formula is C11H13N3OS. The lowest BCUT2D eigenvalue weighted by Crippen LogP contribution is -2.27. The van der Waals surface area contributed by atoms with E-state index in [-0.39, 0.29) is 5.91 Å². The van der Waals surface area contributed by atoms with Crippen LogP contribution in [0.2, 0.25) is 0 Å². The van der Waals surface area contributed by atoms with E-state index >= 15 is 0 Å². The molecule has 0 N–H and O–H groups in total. The van der Waals surface area contributed by atoms with E-state index in [1.165, 1.54) is 11.5 Å². The van der Waals surface area contributed by atoms with E-state index in [2.05, 4.69) is 4.37 Å². The second-order valence-corrected chi connectivity index (χ2v) is 4.56. The van der Waals surface area contributed by atoms with Gasteiger partial charge < -0.3 is 9.47 Å². The van der Waals surface area contributed by atoms with Crippen molar-refractivity contribution in [1.29, 1.82) is 0 Å². The number of rotatable bonds is 3. The van der Waals surface area contributed by atoms with Crippen LogP contribution in [0.15, 0.2) is 30.6 Å². The van der Waals surface area contributed by atoms with Crippen LogP contribution in [0.25, 0.3) is 0 Å². The van der Waals surface area contributed by atoms with Crippen molar-refractivity contribution >= 4 is 17.4 Å². The molecular weight excluding hydrogens is 222 g/mol. The van der Waals surface area contributed by atoms with Crippen molar-refractivity contribution in [2.75, 3.05) is 7.05 Å². The highest BCUT2D eigenvalue weighted by atomic mass is 32.1. The molecule has 0 aliphatic rings. The zero-order valence-electron chi connectivity index (χ0n) is 9.25. The third-order valence-corrected chi connectivity index (χ3v) is 3.12. The van der Waals surface area contributed by atoms with Crippen molar-refractivity contribution in [2.45, 2.75) is 6.54 Å². The number of amides is 1. The van der Waals surface area contributed by atoms with E-state index in [0.717, 1.165) is 4.88 Å². The summed E-state index contributed by atoms with van der Waals surface area (Å²) in [4.78, 5) is 14.8. The van der Waals surface area contributed by atoms with Crippen LogP contribution in [0.3, 0.4) is 0 Å². The number of carbonyl (C=O) groups excluding carboxylic acids is 1. The van der Waals surface area contributed by atoms with Crippen molar-refractivity contribution in [3.05, 3.63) is 41.2 Å². The van der Waals surface area contributed by atoms with Gasteiger partial charge in [-0.2, -0.15) is 0 Å². The number of hydrogen-bond acceptors (Lipinski definition) is 3. The van der Waals surface area contributed by atoms with Crippen LogP contribution in [0, 0.1) is 0 Å². The number of carbonyl (C=O) groups is 1. The fourth-order valence-electron chi connectivity index (χ4n) is 1.51. The molecule has 2 aromatic heterocycles. The van der Waals surface area contributed by atoms with Crippen LogP contribution >= 0.6 is 11.5 Å². The normalized spacial score (nSPS) is 10.4. The van der Waals surface area contributed by atoms with Crippen LogP contribution < -0.4 is 0 Å². The fraction of sp³-hybridized carbons (Fsp3) is 0.273. The van der Waals surface area contributed by atoms with E-state index in [4.69, 9.17) is 0 Å². The van der Waals surface area contributed by atoms with Gasteiger partial charge in [0.2, 0.25) is 0 Å². The van der Waals surface area contributed by atoms with Crippen LogP contribution in [-0.4, -0.2) is 26.8 Å². The first-order chi connectivity index (χ1) is 7.68. The van der Waals surface area contributed by atoms with E-state index in [1.807, 2.05) is 36.0 Å². The molecule has 0 bridgehead atoms. The molecule has 0 aliphatic carbocycles. The molecule has 0 aromatic carbocycles. The Balaban J connectivity index is 2.08. The molecule has 1 amide bonds. The second kappa shape index (κ2) is 4.49. The van der Waals surface area contributed by atoms with Gasteiger partial charge in [0.15, 0.2) is 0 Å². The highest BCUT2D eigenvalue weighted by Crippen LogP contribution is 2.10. The summed E-state index contributed by atoms with van der Waals surface area (Å²) in [6.45, 7) is 0.606. The Morgan fingerprint density at radius 3 is 2.94 bits per heavy atom. The van der Waals surface area contributed by atoms with Crippen LogP contribution in [-0.2, 0) is 13.6 Å². The van der Waals surface area contributed by atoms with Gasteiger partial charge >= 0.3 is 0 Å². The highest BCUT2D eigenvalue weighted by Gasteiger charge is 2.14. The van der Waals surface area contributed by atoms with Crippen molar-refractivity contribution in [3.63, 3.8) is 0 Å². The van der Waals surface area contributed by atoms with E-state index in [9.17, 15) is 4.79 Å². The first-order valence-corrected chi connectivity index (χ1v) is 5.72. The molecule has 0 aliphatic heterocycles. The molecule has 2 rings (SSSR count). The molecule has 5 heteroatoms. The zero-order chi connectivity index (χ0) is 11.5. The van der Waals surface area contributed by atoms with Crippen molar-refractivity contribution in [2.24, 2.45) is 7.05 Å². The van der Waals surface area contributed by atoms with E-state index in [0.29, 0.717) is 12.2 Å². The fourth-order valence-corrected chi connectivity index (χ4v) is 2.14. The molecule has 0 fully saturated rings. The summed E-state index contributed by atoms with van der Waals surface area (Å²) in [6.07, 6.45) is 3.62. The van der Waals surface area contributed by atoms with Gasteiger partial charge in [-0.25, -0.2) is 4.37 Å². The lowest BCUT2D eigenvalue weighted by molar-refractivity contribution is 0.0777. The van der Waals surface area contributed by atoms with Crippen molar-refractivity contribution < 1.29 is 4.79 Å². The first-order valence-electron chi connectivity index (χ1n) is 4.95. The Hall–Kier alpha value is -1.62. The van der Waals surface area contributed by atoms with Gasteiger partial charge in [0, 0.05) is 31.4 Å². The summed E-state index contributed by atoms with van der Waals surface area (Å²) in [6, 6.07) is 5.62. The monoisotopic (exact) mass is 235 g/mol. The lowest BCUT2D eigenvalue weighted by atomic mass is 10.3. The minimum Gasteiger partial charge on any atom is -0.347 e. The summed E-state index contributed by atoms with van der Waals surface area (Å²) >= 11 is 1.42. The molecule has 2 aromatic rings. The van der Waals surface area contributed by atoms with E-state index < -0.39 is 0 Å². The summed E-state index contributed by atoms with van der Waals surface area (Å²) in [5.74, 6) is 0.0286. The Morgan fingerprint density at radius 1 is 1.56 bits per heavy atom. The molecule has 0 spiro atoms. The molecule has 84 valence electrons. The Labute approximate surface area is 98.3 Å². The topological polar surface area (TPSA) is 38.1 Å². The van der Waals surface area contributed by atoms with Gasteiger partial charge in [0.1, 0.15) is 5.69 Å². The van der Waals surface area contributed by atoms with Crippen molar-refractivity contribution in [1.82, 2.24) is 13.8 Å². The molecule has 16 heavy (non-hydrogen) atoms. The predicted molar refractivity (Wildman–Crippen MR) is 63.3 cm³/mol. The number of nitrogens with zero attached hydrogens (tertiary/aromatic N) is 3. The third-order valence-electron chi connectivity index (χ3n) is 2.39. The second-order valence-electron chi connectivity index (χ2n) is 3.64. The summed E-state index contributed by atoms with van der Waals surface area (Å²) < 4.78 is 5.84. The third kappa shape index (κ3) is 2.14. The van der Waals surface area contributed by atoms with E-state index in [1.54, 1.807) is 18.1 Å². The SMILES string of the molecule is CN(Cc1ccns1)C(=O)c1cccn1C. The van der Waals surface area contributed by atoms with Gasteiger partial charge in [-0.1, -0.05) is 0 Å². The van der Waals surface area contributed by atoms with Crippen LogP contribution in [0.4, 0.5) is 0 Å². The molecule has 0 saturated heterocycles. The maximum Gasteiger partial charge on any atom is 0.270 e. The van der Waals surface area contributed by atoms with Gasteiger partial charge in [-0.05, 0) is 29.7 Å². The lowest BCUT2D eigenvalue weighted by Gasteiger charge is -2.16. The average molecular weight is 235 g/mol. The molecule has 2 heterocycles. The largest absolute Gasteiger partial charge is 0.347 e. The van der Waals surface area contributed by atoms with Gasteiger partial charge in [0.05, 0.1) is 6.54 Å². The molecule has 0 radical (unpaired) electrons. The maximum atomic E-state index is 12.0. The Morgan fingerprint density at radius 2 is 2.38 bits per heavy atom. The quantitative estimate of drug-likeness (QED) is 0.813. The van der Waals surface area contributed by atoms with Gasteiger partial charge in [0.25, 0.3) is 5.91 Å². The number of aryl methyl sites for hydroxylation is 1. The summed E-state index contributed by atoms with van der Waals surface area (Å²) in [5.41, 5.74) is 0.701. The molecule has 0 saturated carbocycles. The zero-order valence-corrected chi connectivity index (χ0v) is 10.1. The number of aromatic nitrogens is 2. The molecule has 4 nitrogen and oxygen atoms in total. The number of hydrogen-bond donors (Lipinski definition) is 0. The standard InChI is InChI=1S/C11H13N3OS/c1-13-7-3-4-10(13)11(15)14(2)8-9-5-6-12-16-9/h3-7H,8H2,1-2H3. The predicted octanol–water partition coefficient (Wildman–Crippen LogP) is 1.75. The van der Waals surface area contributed by atoms with Crippen LogP contribution in [0.5, 0.6) is 0 Å². The first kappa shape index (κ1) is 10.9. The summed E-state index contributed by atoms with van der Waals surface area (Å²) in [7, 11) is 3.67. The average Bonchev–Trinajstić information content (AvgIpc) is 2.88. The maximum absolute atomic E-state index is 12.0. The molecule has 0 atom stereocenters. The van der Waals surface area contributed by atoms with Gasteiger partial charge in [-0.15, -0.1) is 0 Å².